The van der Waals surface area contributed by atoms with Crippen LogP contribution in [-0.4, -0.2) is 33.7 Å². The van der Waals surface area contributed by atoms with Gasteiger partial charge in [0.2, 0.25) is 5.91 Å². The third kappa shape index (κ3) is 5.18. The lowest BCUT2D eigenvalue weighted by Gasteiger charge is -2.23. The summed E-state index contributed by atoms with van der Waals surface area (Å²) in [4.78, 5) is 14.4. The number of carbonyl (C=O) groups excluding carboxylic acids is 1. The summed E-state index contributed by atoms with van der Waals surface area (Å²) in [7, 11) is 1.94. The van der Waals surface area contributed by atoms with Crippen molar-refractivity contribution in [3.63, 3.8) is 0 Å². The molecule has 6 heteroatoms. The lowest BCUT2D eigenvalue weighted by molar-refractivity contribution is -0.125. The molecule has 3 aromatic rings. The first-order valence-electron chi connectivity index (χ1n) is 8.84. The van der Waals surface area contributed by atoms with Gasteiger partial charge in [-0.2, -0.15) is 5.10 Å². The van der Waals surface area contributed by atoms with Crippen LogP contribution in [-0.2, 0) is 17.9 Å². The van der Waals surface area contributed by atoms with Crippen molar-refractivity contribution in [3.8, 4) is 5.69 Å². The van der Waals surface area contributed by atoms with E-state index < -0.39 is 0 Å². The highest BCUT2D eigenvalue weighted by atomic mass is 35.5. The van der Waals surface area contributed by atoms with Gasteiger partial charge in [0.1, 0.15) is 0 Å². The molecule has 1 heterocycles. The van der Waals surface area contributed by atoms with Crippen molar-refractivity contribution in [2.24, 2.45) is 0 Å². The van der Waals surface area contributed by atoms with Crippen molar-refractivity contribution in [1.29, 1.82) is 0 Å². The summed E-state index contributed by atoms with van der Waals surface area (Å²) in [6.07, 6.45) is 3.83. The van der Waals surface area contributed by atoms with Gasteiger partial charge >= 0.3 is 0 Å². The molecule has 1 unspecified atom stereocenters. The number of hydrogen-bond acceptors (Lipinski definition) is 3. The van der Waals surface area contributed by atoms with Gasteiger partial charge in [-0.05, 0) is 43.8 Å². The number of hydrogen-bond donors (Lipinski definition) is 1. The Morgan fingerprint density at radius 1 is 1.15 bits per heavy atom. The number of nitrogens with one attached hydrogen (secondary N) is 1. The molecule has 0 aliphatic rings. The first-order chi connectivity index (χ1) is 13.0. The predicted molar refractivity (Wildman–Crippen MR) is 108 cm³/mol. The van der Waals surface area contributed by atoms with Crippen LogP contribution in [0.25, 0.3) is 5.69 Å². The molecule has 1 N–H and O–H groups in total. The quantitative estimate of drug-likeness (QED) is 0.678. The zero-order valence-corrected chi connectivity index (χ0v) is 16.2. The molecule has 27 heavy (non-hydrogen) atoms. The van der Waals surface area contributed by atoms with E-state index in [0.717, 1.165) is 16.8 Å². The lowest BCUT2D eigenvalue weighted by Crippen LogP contribution is -2.42. The van der Waals surface area contributed by atoms with Gasteiger partial charge in [-0.15, -0.1) is 0 Å². The van der Waals surface area contributed by atoms with Crippen LogP contribution < -0.4 is 5.32 Å². The molecule has 0 saturated heterocycles. The molecule has 0 spiro atoms. The number of para-hydroxylation sites is 1. The number of aromatic nitrogens is 2. The van der Waals surface area contributed by atoms with Crippen molar-refractivity contribution < 1.29 is 4.79 Å². The number of carbonyl (C=O) groups is 1. The van der Waals surface area contributed by atoms with Crippen LogP contribution in [0.3, 0.4) is 0 Å². The molecule has 0 bridgehead atoms. The predicted octanol–water partition coefficient (Wildman–Crippen LogP) is 3.66. The number of amides is 1. The summed E-state index contributed by atoms with van der Waals surface area (Å²) in [6.45, 7) is 3.03. The fourth-order valence-corrected chi connectivity index (χ4v) is 2.85. The molecule has 0 saturated carbocycles. The van der Waals surface area contributed by atoms with E-state index in [0.29, 0.717) is 18.1 Å². The number of likely N-dealkylation sites (N-methyl/N-ethyl adjacent to an activating group) is 1. The fourth-order valence-electron chi connectivity index (χ4n) is 2.73. The van der Waals surface area contributed by atoms with Crippen LogP contribution in [0.2, 0.25) is 5.02 Å². The monoisotopic (exact) mass is 382 g/mol. The number of nitrogens with zero attached hydrogens (tertiary/aromatic N) is 3. The minimum atomic E-state index is -0.252. The van der Waals surface area contributed by atoms with Gasteiger partial charge in [-0.25, -0.2) is 4.68 Å². The number of rotatable bonds is 7. The van der Waals surface area contributed by atoms with E-state index >= 15 is 0 Å². The van der Waals surface area contributed by atoms with Crippen LogP contribution >= 0.6 is 11.6 Å². The van der Waals surface area contributed by atoms with Crippen LogP contribution in [0.5, 0.6) is 0 Å². The van der Waals surface area contributed by atoms with Crippen molar-refractivity contribution >= 4 is 17.5 Å². The number of benzene rings is 2. The Kier molecular flexibility index (Phi) is 6.27. The van der Waals surface area contributed by atoms with Crippen molar-refractivity contribution in [2.45, 2.75) is 26.1 Å². The zero-order chi connectivity index (χ0) is 19.2. The second-order valence-electron chi connectivity index (χ2n) is 6.56. The van der Waals surface area contributed by atoms with Crippen LogP contribution in [0.1, 0.15) is 18.1 Å². The van der Waals surface area contributed by atoms with Crippen molar-refractivity contribution in [2.75, 3.05) is 7.05 Å². The molecule has 0 aliphatic carbocycles. The van der Waals surface area contributed by atoms with Gasteiger partial charge in [-0.3, -0.25) is 9.69 Å². The summed E-state index contributed by atoms with van der Waals surface area (Å²) in [5.74, 6) is -0.0112. The fraction of sp³-hybridized carbons (Fsp3) is 0.238. The molecule has 140 valence electrons. The second-order valence-corrected chi connectivity index (χ2v) is 7.00. The van der Waals surface area contributed by atoms with Gasteiger partial charge in [0, 0.05) is 29.9 Å². The topological polar surface area (TPSA) is 50.2 Å². The summed E-state index contributed by atoms with van der Waals surface area (Å²) in [5, 5.41) is 8.07. The van der Waals surface area contributed by atoms with Gasteiger partial charge in [0.15, 0.2) is 0 Å². The second kappa shape index (κ2) is 8.84. The molecule has 1 atom stereocenters. The standard InChI is InChI=1S/C21H23ClN4O/c1-16(21(27)23-12-17-8-10-19(22)11-9-17)25(2)14-18-13-24-26(15-18)20-6-4-3-5-7-20/h3-11,13,15-16H,12,14H2,1-2H3,(H,23,27). The van der Waals surface area contributed by atoms with E-state index in [9.17, 15) is 4.79 Å². The third-order valence-corrected chi connectivity index (χ3v) is 4.76. The highest BCUT2D eigenvalue weighted by Gasteiger charge is 2.18. The maximum atomic E-state index is 12.4. The van der Waals surface area contributed by atoms with Crippen LogP contribution in [0.4, 0.5) is 0 Å². The van der Waals surface area contributed by atoms with E-state index in [1.807, 2.05) is 90.5 Å². The van der Waals surface area contributed by atoms with Crippen LogP contribution in [0.15, 0.2) is 67.0 Å². The third-order valence-electron chi connectivity index (χ3n) is 4.51. The average molecular weight is 383 g/mol. The molecule has 0 radical (unpaired) electrons. The minimum absolute atomic E-state index is 0.0112. The average Bonchev–Trinajstić information content (AvgIpc) is 3.16. The molecule has 2 aromatic carbocycles. The highest BCUT2D eigenvalue weighted by molar-refractivity contribution is 6.30. The normalized spacial score (nSPS) is 12.1. The zero-order valence-electron chi connectivity index (χ0n) is 15.5. The van der Waals surface area contributed by atoms with E-state index in [1.54, 1.807) is 0 Å². The molecular weight excluding hydrogens is 360 g/mol. The Morgan fingerprint density at radius 3 is 2.56 bits per heavy atom. The first-order valence-corrected chi connectivity index (χ1v) is 9.22. The molecule has 3 rings (SSSR count). The molecule has 0 aliphatic heterocycles. The summed E-state index contributed by atoms with van der Waals surface area (Å²) in [6, 6.07) is 17.2. The van der Waals surface area contributed by atoms with E-state index in [2.05, 4.69) is 10.4 Å². The van der Waals surface area contributed by atoms with Gasteiger partial charge in [0.05, 0.1) is 17.9 Å². The highest BCUT2D eigenvalue weighted by Crippen LogP contribution is 2.11. The van der Waals surface area contributed by atoms with Crippen LogP contribution in [0, 0.1) is 0 Å². The Hall–Kier alpha value is -2.63. The van der Waals surface area contributed by atoms with Crippen molar-refractivity contribution in [3.05, 3.63) is 83.1 Å². The maximum Gasteiger partial charge on any atom is 0.237 e. The number of halogens is 1. The van der Waals surface area contributed by atoms with Gasteiger partial charge < -0.3 is 5.32 Å². The summed E-state index contributed by atoms with van der Waals surface area (Å²) < 4.78 is 1.84. The maximum absolute atomic E-state index is 12.4. The van der Waals surface area contributed by atoms with Gasteiger partial charge in [0.25, 0.3) is 0 Å². The molecule has 5 nitrogen and oxygen atoms in total. The summed E-state index contributed by atoms with van der Waals surface area (Å²) >= 11 is 5.88. The van der Waals surface area contributed by atoms with E-state index in [-0.39, 0.29) is 11.9 Å². The Balaban J connectivity index is 1.54. The SMILES string of the molecule is CC(C(=O)NCc1ccc(Cl)cc1)N(C)Cc1cnn(-c2ccccc2)c1. The Bertz CT molecular complexity index is 877. The largest absolute Gasteiger partial charge is 0.351 e. The van der Waals surface area contributed by atoms with Crippen molar-refractivity contribution in [1.82, 2.24) is 20.0 Å². The summed E-state index contributed by atoms with van der Waals surface area (Å²) in [5.41, 5.74) is 3.09. The molecule has 0 fully saturated rings. The lowest BCUT2D eigenvalue weighted by atomic mass is 10.2. The van der Waals surface area contributed by atoms with E-state index in [1.165, 1.54) is 0 Å². The van der Waals surface area contributed by atoms with E-state index in [4.69, 9.17) is 11.6 Å². The smallest absolute Gasteiger partial charge is 0.237 e. The Morgan fingerprint density at radius 2 is 1.85 bits per heavy atom. The molecule has 1 aromatic heterocycles. The minimum Gasteiger partial charge on any atom is -0.351 e. The molecule has 1 amide bonds. The Labute approximate surface area is 164 Å². The van der Waals surface area contributed by atoms with Gasteiger partial charge in [-0.1, -0.05) is 41.9 Å². The molecular formula is C21H23ClN4O. The first kappa shape index (κ1) is 19.1.